The highest BCUT2D eigenvalue weighted by Crippen LogP contribution is 2.51. The highest BCUT2D eigenvalue weighted by molar-refractivity contribution is 6.42. The van der Waals surface area contributed by atoms with Gasteiger partial charge in [-0.15, -0.1) is 0 Å². The fourth-order valence-electron chi connectivity index (χ4n) is 5.86. The maximum absolute atomic E-state index is 13.2. The zero-order valence-corrected chi connectivity index (χ0v) is 16.6. The standard InChI is InChI=1S/C21H25Cl2NO2/c1-2-14-15-4-3-5-18-20(15)12(11-19(14)25)8-9-24(18)21(26)13-6-7-16(22)17(23)10-13/h6-7,10,12,14-15,18,20H,2-5,8-9,11H2,1H3/t12-,14+,15+,18+,20+/m1/s1. The molecule has 1 aliphatic heterocycles. The van der Waals surface area contributed by atoms with Crippen LogP contribution in [0.4, 0.5) is 0 Å². The lowest BCUT2D eigenvalue weighted by Gasteiger charge is -2.55. The molecule has 5 atom stereocenters. The maximum Gasteiger partial charge on any atom is 0.254 e. The minimum atomic E-state index is 0.0533. The van der Waals surface area contributed by atoms with Crippen LogP contribution in [-0.2, 0) is 4.79 Å². The van der Waals surface area contributed by atoms with Crippen molar-refractivity contribution >= 4 is 34.9 Å². The SMILES string of the molecule is CC[C@@H]1C(=O)C[C@H]2CCN(C(=O)c3ccc(Cl)c(Cl)c3)[C@H]3CCC[C@@H]1[C@H]23. The molecule has 0 aromatic heterocycles. The summed E-state index contributed by atoms with van der Waals surface area (Å²) in [6.07, 6.45) is 5.87. The van der Waals surface area contributed by atoms with E-state index in [-0.39, 0.29) is 17.9 Å². The molecular formula is C21H25Cl2NO2. The molecule has 26 heavy (non-hydrogen) atoms. The third-order valence-electron chi connectivity index (χ3n) is 6.92. The quantitative estimate of drug-likeness (QED) is 0.688. The molecule has 0 radical (unpaired) electrons. The first-order valence-corrected chi connectivity index (χ1v) is 10.6. The Morgan fingerprint density at radius 2 is 2.00 bits per heavy atom. The Kier molecular flexibility index (Phi) is 5.04. The number of Topliss-reactive ketones (excluding diaryl/α,β-unsaturated/α-hetero) is 1. The van der Waals surface area contributed by atoms with Gasteiger partial charge in [0.1, 0.15) is 5.78 Å². The molecule has 0 unspecified atom stereocenters. The van der Waals surface area contributed by atoms with Crippen LogP contribution in [-0.4, -0.2) is 29.2 Å². The molecule has 1 aromatic carbocycles. The first-order chi connectivity index (χ1) is 12.5. The number of hydrogen-bond donors (Lipinski definition) is 0. The second kappa shape index (κ2) is 7.16. The average Bonchev–Trinajstić information content (AvgIpc) is 2.64. The van der Waals surface area contributed by atoms with Crippen molar-refractivity contribution in [2.24, 2.45) is 23.7 Å². The molecule has 0 spiro atoms. The number of ketones is 1. The first kappa shape index (κ1) is 18.3. The van der Waals surface area contributed by atoms with Gasteiger partial charge in [-0.1, -0.05) is 36.5 Å². The van der Waals surface area contributed by atoms with Crippen LogP contribution < -0.4 is 0 Å². The van der Waals surface area contributed by atoms with Gasteiger partial charge in [0, 0.05) is 30.5 Å². The third kappa shape index (κ3) is 2.97. The first-order valence-electron chi connectivity index (χ1n) is 9.80. The predicted octanol–water partition coefficient (Wildman–Crippen LogP) is 5.24. The molecule has 1 saturated heterocycles. The van der Waals surface area contributed by atoms with Crippen molar-refractivity contribution in [2.45, 2.75) is 51.5 Å². The molecule has 0 bridgehead atoms. The van der Waals surface area contributed by atoms with Crippen LogP contribution in [0.1, 0.15) is 55.8 Å². The van der Waals surface area contributed by atoms with Crippen LogP contribution >= 0.6 is 23.2 Å². The molecule has 0 N–H and O–H groups in total. The summed E-state index contributed by atoms with van der Waals surface area (Å²) >= 11 is 12.1. The second-order valence-corrected chi connectivity index (χ2v) is 8.92. The zero-order chi connectivity index (χ0) is 18.4. The van der Waals surface area contributed by atoms with E-state index in [4.69, 9.17) is 23.2 Å². The van der Waals surface area contributed by atoms with Crippen molar-refractivity contribution in [1.29, 1.82) is 0 Å². The normalized spacial score (nSPS) is 33.7. The summed E-state index contributed by atoms with van der Waals surface area (Å²) < 4.78 is 0. The highest BCUT2D eigenvalue weighted by Gasteiger charge is 2.52. The van der Waals surface area contributed by atoms with E-state index < -0.39 is 0 Å². The fourth-order valence-corrected chi connectivity index (χ4v) is 6.16. The van der Waals surface area contributed by atoms with E-state index in [1.807, 2.05) is 0 Å². The number of amides is 1. The molecule has 3 fully saturated rings. The Morgan fingerprint density at radius 1 is 1.19 bits per heavy atom. The second-order valence-electron chi connectivity index (χ2n) is 8.10. The van der Waals surface area contributed by atoms with Crippen LogP contribution in [0.3, 0.4) is 0 Å². The van der Waals surface area contributed by atoms with Crippen LogP contribution in [0.5, 0.6) is 0 Å². The number of hydrogen-bond acceptors (Lipinski definition) is 2. The minimum absolute atomic E-state index is 0.0533. The molecule has 5 heteroatoms. The van der Waals surface area contributed by atoms with Crippen LogP contribution in [0.25, 0.3) is 0 Å². The van der Waals surface area contributed by atoms with Gasteiger partial charge in [0.2, 0.25) is 0 Å². The van der Waals surface area contributed by atoms with Crippen LogP contribution in [0, 0.1) is 23.7 Å². The highest BCUT2D eigenvalue weighted by atomic mass is 35.5. The van der Waals surface area contributed by atoms with E-state index in [1.54, 1.807) is 18.2 Å². The Hall–Kier alpha value is -1.06. The average molecular weight is 394 g/mol. The van der Waals surface area contributed by atoms with Gasteiger partial charge in [-0.25, -0.2) is 0 Å². The number of carbonyl (C=O) groups is 2. The predicted molar refractivity (Wildman–Crippen MR) is 104 cm³/mol. The maximum atomic E-state index is 13.2. The van der Waals surface area contributed by atoms with Gasteiger partial charge < -0.3 is 4.90 Å². The molecule has 1 aromatic rings. The van der Waals surface area contributed by atoms with Gasteiger partial charge in [0.15, 0.2) is 0 Å². The van der Waals surface area contributed by atoms with Crippen molar-refractivity contribution in [1.82, 2.24) is 4.90 Å². The lowest BCUT2D eigenvalue weighted by Crippen LogP contribution is -2.59. The number of halogens is 2. The molecular weight excluding hydrogens is 369 g/mol. The Labute approximate surface area is 165 Å². The van der Waals surface area contributed by atoms with Gasteiger partial charge in [-0.2, -0.15) is 0 Å². The van der Waals surface area contributed by atoms with Crippen molar-refractivity contribution in [3.63, 3.8) is 0 Å². The topological polar surface area (TPSA) is 37.4 Å². The van der Waals surface area contributed by atoms with Gasteiger partial charge in [-0.05, 0) is 61.6 Å². The van der Waals surface area contributed by atoms with Gasteiger partial charge >= 0.3 is 0 Å². The number of piperidine rings is 1. The molecule has 2 aliphatic carbocycles. The number of nitrogens with zero attached hydrogens (tertiary/aromatic N) is 1. The number of likely N-dealkylation sites (tertiary alicyclic amines) is 1. The molecule has 3 nitrogen and oxygen atoms in total. The Bertz CT molecular complexity index is 735. The minimum Gasteiger partial charge on any atom is -0.335 e. The van der Waals surface area contributed by atoms with E-state index in [2.05, 4.69) is 11.8 Å². The summed E-state index contributed by atoms with van der Waals surface area (Å²) in [6, 6.07) is 5.40. The molecule has 4 rings (SSSR count). The summed E-state index contributed by atoms with van der Waals surface area (Å²) in [5.74, 6) is 2.10. The largest absolute Gasteiger partial charge is 0.335 e. The van der Waals surface area contributed by atoms with Gasteiger partial charge in [0.05, 0.1) is 10.0 Å². The fraction of sp³-hybridized carbons (Fsp3) is 0.619. The third-order valence-corrected chi connectivity index (χ3v) is 7.66. The Morgan fingerprint density at radius 3 is 2.73 bits per heavy atom. The van der Waals surface area contributed by atoms with Crippen molar-refractivity contribution < 1.29 is 9.59 Å². The van der Waals surface area contributed by atoms with Gasteiger partial charge in [0.25, 0.3) is 5.91 Å². The van der Waals surface area contributed by atoms with E-state index in [1.165, 1.54) is 0 Å². The van der Waals surface area contributed by atoms with E-state index >= 15 is 0 Å². The number of rotatable bonds is 2. The number of benzene rings is 1. The summed E-state index contributed by atoms with van der Waals surface area (Å²) in [5.41, 5.74) is 0.610. The molecule has 1 heterocycles. The van der Waals surface area contributed by atoms with Gasteiger partial charge in [-0.3, -0.25) is 9.59 Å². The molecule has 140 valence electrons. The lowest BCUT2D eigenvalue weighted by molar-refractivity contribution is -0.137. The van der Waals surface area contributed by atoms with Crippen LogP contribution in [0.15, 0.2) is 18.2 Å². The summed E-state index contributed by atoms with van der Waals surface area (Å²) in [6.45, 7) is 2.87. The number of carbonyl (C=O) groups excluding carboxylic acids is 2. The summed E-state index contributed by atoms with van der Waals surface area (Å²) in [5, 5.41) is 0.888. The Balaban J connectivity index is 1.62. The summed E-state index contributed by atoms with van der Waals surface area (Å²) in [7, 11) is 0. The zero-order valence-electron chi connectivity index (χ0n) is 15.1. The van der Waals surface area contributed by atoms with E-state index in [9.17, 15) is 9.59 Å². The molecule has 1 amide bonds. The van der Waals surface area contributed by atoms with E-state index in [0.29, 0.717) is 45.6 Å². The monoisotopic (exact) mass is 393 g/mol. The summed E-state index contributed by atoms with van der Waals surface area (Å²) in [4.78, 5) is 27.9. The van der Waals surface area contributed by atoms with Crippen molar-refractivity contribution in [3.8, 4) is 0 Å². The van der Waals surface area contributed by atoms with Crippen LogP contribution in [0.2, 0.25) is 10.0 Å². The lowest BCUT2D eigenvalue weighted by atomic mass is 9.56. The molecule has 2 saturated carbocycles. The van der Waals surface area contributed by atoms with E-state index in [0.717, 1.165) is 38.6 Å². The van der Waals surface area contributed by atoms with Crippen molar-refractivity contribution in [3.05, 3.63) is 33.8 Å². The van der Waals surface area contributed by atoms with Crippen molar-refractivity contribution in [2.75, 3.05) is 6.54 Å². The molecule has 3 aliphatic rings. The smallest absolute Gasteiger partial charge is 0.254 e.